The summed E-state index contributed by atoms with van der Waals surface area (Å²) in [5.41, 5.74) is 0. The van der Waals surface area contributed by atoms with Crippen LogP contribution >= 0.6 is 27.5 Å². The molecule has 0 radical (unpaired) electrons. The highest BCUT2D eigenvalue weighted by molar-refractivity contribution is 9.10. The molecule has 0 aromatic carbocycles. The third kappa shape index (κ3) is 13.1. The summed E-state index contributed by atoms with van der Waals surface area (Å²) in [6.07, 6.45) is 1.05. The Kier molecular flexibility index (Phi) is 13.3. The van der Waals surface area contributed by atoms with Crippen LogP contribution in [0.2, 0.25) is 0 Å². The van der Waals surface area contributed by atoms with Crippen LogP contribution in [0, 0.1) is 0 Å². The van der Waals surface area contributed by atoms with E-state index in [9.17, 15) is 14.4 Å². The van der Waals surface area contributed by atoms with Crippen LogP contribution < -0.4 is 0 Å². The molecule has 114 valence electrons. The SMILES string of the molecule is C=C(Cl)C(=O)OC.C=CC(=O)OCCOC(=O)C(C)Br. The van der Waals surface area contributed by atoms with E-state index in [1.807, 2.05) is 0 Å². The highest BCUT2D eigenvalue weighted by Gasteiger charge is 2.09. The van der Waals surface area contributed by atoms with Crippen molar-refractivity contribution in [1.29, 1.82) is 0 Å². The van der Waals surface area contributed by atoms with Gasteiger partial charge in [-0.15, -0.1) is 0 Å². The van der Waals surface area contributed by atoms with Gasteiger partial charge in [0.2, 0.25) is 0 Å². The van der Waals surface area contributed by atoms with Crippen LogP contribution in [-0.2, 0) is 28.6 Å². The number of hydrogen-bond donors (Lipinski definition) is 0. The molecule has 1 unspecified atom stereocenters. The molecule has 0 saturated heterocycles. The van der Waals surface area contributed by atoms with Gasteiger partial charge in [0, 0.05) is 6.08 Å². The van der Waals surface area contributed by atoms with Gasteiger partial charge in [-0.3, -0.25) is 4.79 Å². The summed E-state index contributed by atoms with van der Waals surface area (Å²) < 4.78 is 13.4. The molecule has 0 aromatic heterocycles. The first kappa shape index (κ1) is 21.0. The van der Waals surface area contributed by atoms with Gasteiger partial charge in [0.05, 0.1) is 7.11 Å². The quantitative estimate of drug-likeness (QED) is 0.233. The minimum atomic E-state index is -0.582. The lowest BCUT2D eigenvalue weighted by atomic mass is 10.5. The molecule has 0 fully saturated rings. The molecule has 0 heterocycles. The van der Waals surface area contributed by atoms with E-state index in [-0.39, 0.29) is 29.0 Å². The molecule has 20 heavy (non-hydrogen) atoms. The molecule has 0 aliphatic heterocycles. The van der Waals surface area contributed by atoms with Gasteiger partial charge in [0.25, 0.3) is 0 Å². The van der Waals surface area contributed by atoms with E-state index in [2.05, 4.69) is 38.6 Å². The Bertz CT molecular complexity index is 367. The second kappa shape index (κ2) is 12.7. The number of carbonyl (C=O) groups excluding carboxylic acids is 3. The van der Waals surface area contributed by atoms with Gasteiger partial charge in [-0.25, -0.2) is 9.59 Å². The Hall–Kier alpha value is -1.34. The molecule has 6 nitrogen and oxygen atoms in total. The Labute approximate surface area is 130 Å². The molecule has 0 saturated carbocycles. The van der Waals surface area contributed by atoms with Crippen LogP contribution in [0.25, 0.3) is 0 Å². The zero-order valence-corrected chi connectivity index (χ0v) is 13.5. The van der Waals surface area contributed by atoms with E-state index >= 15 is 0 Å². The molecule has 1 atom stereocenters. The van der Waals surface area contributed by atoms with Crippen molar-refractivity contribution in [2.75, 3.05) is 20.3 Å². The van der Waals surface area contributed by atoms with Crippen molar-refractivity contribution >= 4 is 45.4 Å². The van der Waals surface area contributed by atoms with Gasteiger partial charge >= 0.3 is 17.9 Å². The largest absolute Gasteiger partial charge is 0.465 e. The standard InChI is InChI=1S/C8H11BrO4.C4H5ClO2/c1-3-7(10)12-4-5-13-8(11)6(2)9;1-3(5)4(6)7-2/h3,6H,1,4-5H2,2H3;1H2,2H3. The Morgan fingerprint density at radius 3 is 2.10 bits per heavy atom. The summed E-state index contributed by atoms with van der Waals surface area (Å²) in [5, 5.41) is -0.0949. The summed E-state index contributed by atoms with van der Waals surface area (Å²) in [6, 6.07) is 0. The van der Waals surface area contributed by atoms with Crippen molar-refractivity contribution in [1.82, 2.24) is 0 Å². The predicted octanol–water partition coefficient (Wildman–Crippen LogP) is 1.95. The number of rotatable bonds is 6. The van der Waals surface area contributed by atoms with Gasteiger partial charge in [-0.1, -0.05) is 40.7 Å². The lowest BCUT2D eigenvalue weighted by molar-refractivity contribution is -0.148. The Morgan fingerprint density at radius 1 is 1.30 bits per heavy atom. The van der Waals surface area contributed by atoms with E-state index in [1.165, 1.54) is 7.11 Å². The average molecular weight is 372 g/mol. The first-order valence-electron chi connectivity index (χ1n) is 5.28. The highest BCUT2D eigenvalue weighted by Crippen LogP contribution is 1.99. The third-order valence-electron chi connectivity index (χ3n) is 1.47. The fourth-order valence-corrected chi connectivity index (χ4v) is 0.778. The van der Waals surface area contributed by atoms with Crippen LogP contribution in [-0.4, -0.2) is 43.1 Å². The number of ether oxygens (including phenoxy) is 3. The zero-order valence-electron chi connectivity index (χ0n) is 11.2. The summed E-state index contributed by atoms with van der Waals surface area (Å²) in [5.74, 6) is -1.49. The molecule has 0 rings (SSSR count). The third-order valence-corrected chi connectivity index (χ3v) is 2.00. The van der Waals surface area contributed by atoms with Gasteiger partial charge < -0.3 is 14.2 Å². The smallest absolute Gasteiger partial charge is 0.348 e. The number of halogens is 2. The van der Waals surface area contributed by atoms with Crippen molar-refractivity contribution in [3.8, 4) is 0 Å². The number of hydrogen-bond acceptors (Lipinski definition) is 6. The van der Waals surface area contributed by atoms with Crippen LogP contribution in [0.4, 0.5) is 0 Å². The lowest BCUT2D eigenvalue weighted by Gasteiger charge is -2.05. The first-order valence-corrected chi connectivity index (χ1v) is 6.58. The van der Waals surface area contributed by atoms with Crippen molar-refractivity contribution < 1.29 is 28.6 Å². The van der Waals surface area contributed by atoms with E-state index in [0.29, 0.717) is 0 Å². The summed E-state index contributed by atoms with van der Waals surface area (Å²) >= 11 is 8.10. The minimum absolute atomic E-state index is 0.0519. The molecule has 0 N–H and O–H groups in total. The molecular formula is C12H16BrClO6. The Morgan fingerprint density at radius 2 is 1.80 bits per heavy atom. The van der Waals surface area contributed by atoms with Crippen LogP contribution in [0.1, 0.15) is 6.92 Å². The molecule has 0 aliphatic rings. The molecule has 0 aromatic rings. The average Bonchev–Trinajstić information content (AvgIpc) is 2.42. The first-order chi connectivity index (χ1) is 9.26. The fourth-order valence-electron chi connectivity index (χ4n) is 0.569. The van der Waals surface area contributed by atoms with E-state index < -0.39 is 11.9 Å². The summed E-state index contributed by atoms with van der Waals surface area (Å²) in [7, 11) is 1.25. The van der Waals surface area contributed by atoms with Crippen LogP contribution in [0.15, 0.2) is 24.3 Å². The van der Waals surface area contributed by atoms with Crippen LogP contribution in [0.5, 0.6) is 0 Å². The fraction of sp³-hybridized carbons (Fsp3) is 0.417. The summed E-state index contributed by atoms with van der Waals surface area (Å²) in [4.78, 5) is 31.0. The van der Waals surface area contributed by atoms with Crippen LogP contribution in [0.3, 0.4) is 0 Å². The second-order valence-corrected chi connectivity index (χ2v) is 4.88. The van der Waals surface area contributed by atoms with Crippen molar-refractivity contribution in [3.63, 3.8) is 0 Å². The molecule has 0 aliphatic carbocycles. The summed E-state index contributed by atoms with van der Waals surface area (Å²) in [6.45, 7) is 8.10. The second-order valence-electron chi connectivity index (χ2n) is 3.05. The van der Waals surface area contributed by atoms with E-state index in [4.69, 9.17) is 16.3 Å². The van der Waals surface area contributed by atoms with Gasteiger partial charge in [0.1, 0.15) is 23.1 Å². The maximum absolute atomic E-state index is 10.8. The number of carbonyl (C=O) groups is 3. The van der Waals surface area contributed by atoms with Gasteiger partial charge in [-0.2, -0.15) is 0 Å². The topological polar surface area (TPSA) is 78.9 Å². The highest BCUT2D eigenvalue weighted by atomic mass is 79.9. The minimum Gasteiger partial charge on any atom is -0.465 e. The number of methoxy groups -OCH3 is 1. The maximum atomic E-state index is 10.8. The van der Waals surface area contributed by atoms with Crippen molar-refractivity contribution in [2.24, 2.45) is 0 Å². The Balaban J connectivity index is 0. The normalized spacial score (nSPS) is 10.2. The predicted molar refractivity (Wildman–Crippen MR) is 77.5 cm³/mol. The zero-order chi connectivity index (χ0) is 16.1. The monoisotopic (exact) mass is 370 g/mol. The molecule has 8 heteroatoms. The molecule has 0 bridgehead atoms. The van der Waals surface area contributed by atoms with Crippen molar-refractivity contribution in [3.05, 3.63) is 24.3 Å². The molecule has 0 amide bonds. The molecule has 0 spiro atoms. The number of alkyl halides is 1. The lowest BCUT2D eigenvalue weighted by Crippen LogP contribution is -2.17. The number of esters is 3. The van der Waals surface area contributed by atoms with Gasteiger partial charge in [-0.05, 0) is 6.92 Å². The van der Waals surface area contributed by atoms with E-state index in [1.54, 1.807) is 6.92 Å². The van der Waals surface area contributed by atoms with Gasteiger partial charge in [0.15, 0.2) is 0 Å². The van der Waals surface area contributed by atoms with E-state index in [0.717, 1.165) is 6.08 Å². The molecular weight excluding hydrogens is 355 g/mol. The van der Waals surface area contributed by atoms with Crippen molar-refractivity contribution in [2.45, 2.75) is 11.8 Å². The maximum Gasteiger partial charge on any atom is 0.348 e.